The Morgan fingerprint density at radius 3 is 2.52 bits per heavy atom. The van der Waals surface area contributed by atoms with E-state index in [0.29, 0.717) is 0 Å². The van der Waals surface area contributed by atoms with Crippen LogP contribution in [-0.4, -0.2) is 27.0 Å². The van der Waals surface area contributed by atoms with Gasteiger partial charge in [0.25, 0.3) is 5.91 Å². The number of aromatic carboxylic acids is 1. The first-order valence-electron chi connectivity index (χ1n) is 6.28. The number of hydrogen-bond acceptors (Lipinski definition) is 5. The van der Waals surface area contributed by atoms with Crippen LogP contribution in [0.4, 0.5) is 11.4 Å². The molecule has 0 aliphatic rings. The number of rotatable bonds is 3. The van der Waals surface area contributed by atoms with Gasteiger partial charge in [0.2, 0.25) is 0 Å². The highest BCUT2D eigenvalue weighted by atomic mass is 16.4. The van der Waals surface area contributed by atoms with Gasteiger partial charge in [0, 0.05) is 12.4 Å². The molecule has 110 valence electrons. The standard InChI is InChI=1S/C12H10N4O3.C2H6/c13-10-7(12(18)19)2-1-3-8(10)16-11(17)9-6-14-4-5-15-9;1-2/h1-6H,13H2,(H,16,17)(H,18,19);1-2H3. The number of anilines is 2. The minimum absolute atomic E-state index is 0.00718. The maximum atomic E-state index is 11.8. The smallest absolute Gasteiger partial charge is 0.337 e. The van der Waals surface area contributed by atoms with Crippen LogP contribution in [0.2, 0.25) is 0 Å². The van der Waals surface area contributed by atoms with Crippen LogP contribution in [-0.2, 0) is 0 Å². The second-order valence-corrected chi connectivity index (χ2v) is 3.62. The number of nitrogens with two attached hydrogens (primary N) is 1. The number of amides is 1. The summed E-state index contributed by atoms with van der Waals surface area (Å²) in [7, 11) is 0. The predicted octanol–water partition coefficient (Wildman–Crippen LogP) is 2.04. The maximum Gasteiger partial charge on any atom is 0.337 e. The van der Waals surface area contributed by atoms with Gasteiger partial charge in [-0.3, -0.25) is 9.78 Å². The van der Waals surface area contributed by atoms with Crippen LogP contribution in [0.1, 0.15) is 34.7 Å². The van der Waals surface area contributed by atoms with Crippen LogP contribution >= 0.6 is 0 Å². The quantitative estimate of drug-likeness (QED) is 0.744. The Morgan fingerprint density at radius 1 is 1.24 bits per heavy atom. The Morgan fingerprint density at radius 2 is 1.95 bits per heavy atom. The summed E-state index contributed by atoms with van der Waals surface area (Å²) in [5.74, 6) is -1.67. The van der Waals surface area contributed by atoms with Crippen LogP contribution in [0.3, 0.4) is 0 Å². The van der Waals surface area contributed by atoms with E-state index in [0.717, 1.165) is 0 Å². The Hall–Kier alpha value is -2.96. The molecule has 7 heteroatoms. The largest absolute Gasteiger partial charge is 0.478 e. The first kappa shape index (κ1) is 16.1. The van der Waals surface area contributed by atoms with E-state index >= 15 is 0 Å². The number of para-hydroxylation sites is 1. The molecule has 0 unspecified atom stereocenters. The molecule has 0 radical (unpaired) electrons. The monoisotopic (exact) mass is 288 g/mol. The molecule has 0 atom stereocenters. The highest BCUT2D eigenvalue weighted by Crippen LogP contribution is 2.23. The Bertz CT molecular complexity index is 629. The SMILES string of the molecule is CC.Nc1c(NC(=O)c2cnccn2)cccc1C(=O)O. The van der Waals surface area contributed by atoms with Crippen LogP contribution < -0.4 is 11.1 Å². The van der Waals surface area contributed by atoms with Gasteiger partial charge in [-0.2, -0.15) is 0 Å². The van der Waals surface area contributed by atoms with Crippen molar-refractivity contribution in [2.24, 2.45) is 0 Å². The topological polar surface area (TPSA) is 118 Å². The van der Waals surface area contributed by atoms with Crippen LogP contribution in [0.5, 0.6) is 0 Å². The summed E-state index contributed by atoms with van der Waals surface area (Å²) < 4.78 is 0. The number of carbonyl (C=O) groups excluding carboxylic acids is 1. The highest BCUT2D eigenvalue weighted by Gasteiger charge is 2.14. The van der Waals surface area contributed by atoms with Gasteiger partial charge in [0.1, 0.15) is 5.69 Å². The maximum absolute atomic E-state index is 11.8. The fourth-order valence-electron chi connectivity index (χ4n) is 1.46. The van der Waals surface area contributed by atoms with Crippen molar-refractivity contribution >= 4 is 23.3 Å². The van der Waals surface area contributed by atoms with E-state index in [2.05, 4.69) is 15.3 Å². The Kier molecular flexibility index (Phi) is 5.81. The summed E-state index contributed by atoms with van der Waals surface area (Å²) in [6.45, 7) is 4.00. The van der Waals surface area contributed by atoms with Crippen molar-refractivity contribution in [1.29, 1.82) is 0 Å². The normalized spacial score (nSPS) is 9.24. The summed E-state index contributed by atoms with van der Waals surface area (Å²) >= 11 is 0. The van der Waals surface area contributed by atoms with Gasteiger partial charge in [0.15, 0.2) is 0 Å². The molecule has 4 N–H and O–H groups in total. The average molecular weight is 288 g/mol. The van der Waals surface area contributed by atoms with Crippen molar-refractivity contribution in [3.05, 3.63) is 48.0 Å². The first-order valence-corrected chi connectivity index (χ1v) is 6.28. The van der Waals surface area contributed by atoms with E-state index < -0.39 is 11.9 Å². The second kappa shape index (κ2) is 7.59. The van der Waals surface area contributed by atoms with Gasteiger partial charge < -0.3 is 16.2 Å². The van der Waals surface area contributed by atoms with E-state index in [4.69, 9.17) is 10.8 Å². The molecule has 1 aromatic carbocycles. The molecule has 0 saturated heterocycles. The molecule has 0 bridgehead atoms. The number of hydrogen-bond donors (Lipinski definition) is 3. The van der Waals surface area contributed by atoms with E-state index in [1.807, 2.05) is 13.8 Å². The number of nitrogens with zero attached hydrogens (tertiary/aromatic N) is 2. The van der Waals surface area contributed by atoms with Crippen molar-refractivity contribution in [2.75, 3.05) is 11.1 Å². The van der Waals surface area contributed by atoms with Gasteiger partial charge in [-0.25, -0.2) is 9.78 Å². The van der Waals surface area contributed by atoms with Crippen LogP contribution in [0.15, 0.2) is 36.8 Å². The number of aromatic nitrogens is 2. The van der Waals surface area contributed by atoms with E-state index in [9.17, 15) is 9.59 Å². The molecule has 0 aliphatic heterocycles. The summed E-state index contributed by atoms with van der Waals surface area (Å²) in [6, 6.07) is 4.36. The van der Waals surface area contributed by atoms with Gasteiger partial charge in [-0.1, -0.05) is 19.9 Å². The summed E-state index contributed by atoms with van der Waals surface area (Å²) in [6.07, 6.45) is 4.12. The molecular weight excluding hydrogens is 272 g/mol. The molecule has 0 aliphatic carbocycles. The van der Waals surface area contributed by atoms with Crippen molar-refractivity contribution in [2.45, 2.75) is 13.8 Å². The average Bonchev–Trinajstić information content (AvgIpc) is 2.52. The molecule has 0 saturated carbocycles. The number of carbonyl (C=O) groups is 2. The lowest BCUT2D eigenvalue weighted by molar-refractivity contribution is 0.0697. The third-order valence-corrected chi connectivity index (χ3v) is 2.38. The Balaban J connectivity index is 0.00000106. The molecule has 2 aromatic rings. The van der Waals surface area contributed by atoms with Gasteiger partial charge in [-0.15, -0.1) is 0 Å². The van der Waals surface area contributed by atoms with Crippen LogP contribution in [0, 0.1) is 0 Å². The minimum atomic E-state index is -1.16. The molecule has 2 rings (SSSR count). The lowest BCUT2D eigenvalue weighted by Crippen LogP contribution is -2.16. The zero-order chi connectivity index (χ0) is 15.8. The van der Waals surface area contributed by atoms with Gasteiger partial charge in [0.05, 0.1) is 23.1 Å². The number of nitrogens with one attached hydrogen (secondary N) is 1. The Labute approximate surface area is 121 Å². The van der Waals surface area contributed by atoms with Crippen LogP contribution in [0.25, 0.3) is 0 Å². The third kappa shape index (κ3) is 4.00. The number of nitrogen functional groups attached to an aromatic ring is 1. The first-order chi connectivity index (χ1) is 10.1. The highest BCUT2D eigenvalue weighted by molar-refractivity contribution is 6.06. The molecule has 0 fully saturated rings. The van der Waals surface area contributed by atoms with Crippen molar-refractivity contribution in [3.63, 3.8) is 0 Å². The van der Waals surface area contributed by atoms with Gasteiger partial charge >= 0.3 is 5.97 Å². The van der Waals surface area contributed by atoms with Crippen molar-refractivity contribution in [3.8, 4) is 0 Å². The second-order valence-electron chi connectivity index (χ2n) is 3.62. The lowest BCUT2D eigenvalue weighted by Gasteiger charge is -2.09. The van der Waals surface area contributed by atoms with E-state index in [1.165, 1.54) is 36.8 Å². The summed E-state index contributed by atoms with van der Waals surface area (Å²) in [5.41, 5.74) is 5.93. The zero-order valence-electron chi connectivity index (χ0n) is 11.7. The fraction of sp³-hybridized carbons (Fsp3) is 0.143. The minimum Gasteiger partial charge on any atom is -0.478 e. The molecular formula is C14H16N4O3. The van der Waals surface area contributed by atoms with E-state index in [1.54, 1.807) is 0 Å². The molecule has 1 aromatic heterocycles. The van der Waals surface area contributed by atoms with E-state index in [-0.39, 0.29) is 22.6 Å². The molecule has 0 spiro atoms. The summed E-state index contributed by atoms with van der Waals surface area (Å²) in [5, 5.41) is 11.4. The lowest BCUT2D eigenvalue weighted by atomic mass is 10.1. The molecule has 1 amide bonds. The zero-order valence-corrected chi connectivity index (χ0v) is 11.7. The predicted molar refractivity (Wildman–Crippen MR) is 79.1 cm³/mol. The van der Waals surface area contributed by atoms with Crippen molar-refractivity contribution < 1.29 is 14.7 Å². The van der Waals surface area contributed by atoms with Crippen molar-refractivity contribution in [1.82, 2.24) is 9.97 Å². The number of benzene rings is 1. The molecule has 21 heavy (non-hydrogen) atoms. The number of carboxylic acid groups (broad SMARTS) is 1. The summed E-state index contributed by atoms with van der Waals surface area (Å²) in [4.78, 5) is 30.3. The fourth-order valence-corrected chi connectivity index (χ4v) is 1.46. The molecule has 7 nitrogen and oxygen atoms in total. The third-order valence-electron chi connectivity index (χ3n) is 2.38. The van der Waals surface area contributed by atoms with Gasteiger partial charge in [-0.05, 0) is 12.1 Å². The molecule has 1 heterocycles. The number of carboxylic acids is 1.